The highest BCUT2D eigenvalue weighted by atomic mass is 16.4. The van der Waals surface area contributed by atoms with Gasteiger partial charge in [-0.2, -0.15) is 0 Å². The predicted octanol–water partition coefficient (Wildman–Crippen LogP) is 0.858. The molecule has 0 saturated carbocycles. The highest BCUT2D eigenvalue weighted by Crippen LogP contribution is 1.92. The van der Waals surface area contributed by atoms with Gasteiger partial charge in [-0.3, -0.25) is 0 Å². The van der Waals surface area contributed by atoms with Crippen LogP contribution in [0.15, 0.2) is 37.2 Å². The third kappa shape index (κ3) is 1.92. The summed E-state index contributed by atoms with van der Waals surface area (Å²) in [6.07, 6.45) is 5.09. The number of rotatable bonds is 3. The minimum Gasteiger partial charge on any atom is -0.477 e. The Morgan fingerprint density at radius 1 is 1.75 bits per heavy atom. The molecular weight excluding hydrogens is 154 g/mol. The topological polar surface area (TPSA) is 41.2 Å². The number of carboxylic acid groups (broad SMARTS) is 1. The van der Waals surface area contributed by atoms with Crippen molar-refractivity contribution < 1.29 is 14.5 Å². The molecule has 0 bridgehead atoms. The highest BCUT2D eigenvalue weighted by Gasteiger charge is 2.06. The largest absolute Gasteiger partial charge is 0.477 e. The third-order valence-corrected chi connectivity index (χ3v) is 1.45. The van der Waals surface area contributed by atoms with Crippen LogP contribution in [0.5, 0.6) is 0 Å². The maximum Gasteiger partial charge on any atom is 0.341 e. The molecule has 1 aromatic rings. The van der Waals surface area contributed by atoms with Crippen molar-refractivity contribution in [1.82, 2.24) is 0 Å². The molecule has 0 radical (unpaired) electrons. The van der Waals surface area contributed by atoms with Gasteiger partial charge in [0.15, 0.2) is 18.9 Å². The summed E-state index contributed by atoms with van der Waals surface area (Å²) in [6.45, 7) is 4.19. The second-order valence-electron chi connectivity index (χ2n) is 2.38. The van der Waals surface area contributed by atoms with E-state index in [0.29, 0.717) is 12.1 Å². The summed E-state index contributed by atoms with van der Waals surface area (Å²) >= 11 is 0. The molecule has 1 N–H and O–H groups in total. The molecule has 0 unspecified atom stereocenters. The van der Waals surface area contributed by atoms with Gasteiger partial charge in [0.1, 0.15) is 5.56 Å². The number of aromatic carboxylic acids is 1. The average Bonchev–Trinajstić information content (AvgIpc) is 2.05. The monoisotopic (exact) mass is 164 g/mol. The van der Waals surface area contributed by atoms with E-state index in [2.05, 4.69) is 6.58 Å². The molecule has 1 aromatic heterocycles. The molecule has 0 fully saturated rings. The van der Waals surface area contributed by atoms with Gasteiger partial charge in [0.2, 0.25) is 0 Å². The summed E-state index contributed by atoms with van der Waals surface area (Å²) in [5.74, 6) is -0.909. The Labute approximate surface area is 70.6 Å². The van der Waals surface area contributed by atoms with Gasteiger partial charge < -0.3 is 5.11 Å². The molecular formula is C9H10NO2+. The molecule has 1 rings (SSSR count). The number of aromatic nitrogens is 1. The number of carboxylic acids is 1. The number of carbonyl (C=O) groups is 1. The number of pyridine rings is 1. The first-order chi connectivity index (χ1) is 5.74. The van der Waals surface area contributed by atoms with Crippen LogP contribution in [0.25, 0.3) is 0 Å². The first-order valence-corrected chi connectivity index (χ1v) is 3.57. The van der Waals surface area contributed by atoms with E-state index >= 15 is 0 Å². The van der Waals surface area contributed by atoms with Gasteiger partial charge in [-0.15, -0.1) is 0 Å². The SMILES string of the molecule is C=CC[n+]1cccc(C(=O)O)c1. The van der Waals surface area contributed by atoms with Crippen LogP contribution in [0.2, 0.25) is 0 Å². The van der Waals surface area contributed by atoms with Crippen LogP contribution in [0, 0.1) is 0 Å². The second kappa shape index (κ2) is 3.67. The maximum atomic E-state index is 10.5. The van der Waals surface area contributed by atoms with E-state index in [9.17, 15) is 4.79 Å². The minimum atomic E-state index is -0.909. The molecule has 12 heavy (non-hydrogen) atoms. The van der Waals surface area contributed by atoms with E-state index in [1.807, 2.05) is 0 Å². The number of hydrogen-bond donors (Lipinski definition) is 1. The number of allylic oxidation sites excluding steroid dienone is 1. The summed E-state index contributed by atoms with van der Waals surface area (Å²) in [7, 11) is 0. The van der Waals surface area contributed by atoms with Crippen molar-refractivity contribution >= 4 is 5.97 Å². The first kappa shape index (κ1) is 8.46. The molecule has 0 atom stereocenters. The number of hydrogen-bond acceptors (Lipinski definition) is 1. The fourth-order valence-corrected chi connectivity index (χ4v) is 0.911. The van der Waals surface area contributed by atoms with E-state index < -0.39 is 5.97 Å². The van der Waals surface area contributed by atoms with Crippen LogP contribution < -0.4 is 4.57 Å². The van der Waals surface area contributed by atoms with Crippen molar-refractivity contribution in [3.63, 3.8) is 0 Å². The lowest BCUT2D eigenvalue weighted by Gasteiger charge is -1.92. The molecule has 62 valence electrons. The molecule has 0 spiro atoms. The van der Waals surface area contributed by atoms with Gasteiger partial charge in [-0.25, -0.2) is 9.36 Å². The van der Waals surface area contributed by atoms with Crippen LogP contribution in [0.3, 0.4) is 0 Å². The summed E-state index contributed by atoms with van der Waals surface area (Å²) in [6, 6.07) is 3.26. The summed E-state index contributed by atoms with van der Waals surface area (Å²) < 4.78 is 1.76. The normalized spacial score (nSPS) is 9.33. The van der Waals surface area contributed by atoms with Crippen molar-refractivity contribution in [2.75, 3.05) is 0 Å². The van der Waals surface area contributed by atoms with Crippen molar-refractivity contribution in [2.45, 2.75) is 6.54 Å². The Morgan fingerprint density at radius 3 is 3.08 bits per heavy atom. The Balaban J connectivity index is 2.95. The molecule has 0 aliphatic carbocycles. The second-order valence-corrected chi connectivity index (χ2v) is 2.38. The fraction of sp³-hybridized carbons (Fsp3) is 0.111. The molecule has 0 aromatic carbocycles. The summed E-state index contributed by atoms with van der Waals surface area (Å²) in [5.41, 5.74) is 0.291. The Hall–Kier alpha value is -1.64. The van der Waals surface area contributed by atoms with E-state index in [-0.39, 0.29) is 0 Å². The van der Waals surface area contributed by atoms with Gasteiger partial charge in [-0.1, -0.05) is 6.58 Å². The van der Waals surface area contributed by atoms with Crippen molar-refractivity contribution in [2.24, 2.45) is 0 Å². The third-order valence-electron chi connectivity index (χ3n) is 1.45. The van der Waals surface area contributed by atoms with E-state index in [1.165, 1.54) is 0 Å². The quantitative estimate of drug-likeness (QED) is 0.531. The lowest BCUT2D eigenvalue weighted by molar-refractivity contribution is -0.687. The predicted molar refractivity (Wildman–Crippen MR) is 43.8 cm³/mol. The smallest absolute Gasteiger partial charge is 0.341 e. The summed E-state index contributed by atoms with van der Waals surface area (Å²) in [5, 5.41) is 8.64. The van der Waals surface area contributed by atoms with Crippen LogP contribution in [0.4, 0.5) is 0 Å². The van der Waals surface area contributed by atoms with E-state index in [1.54, 1.807) is 35.2 Å². The van der Waals surface area contributed by atoms with Crippen molar-refractivity contribution in [3.8, 4) is 0 Å². The van der Waals surface area contributed by atoms with Gasteiger partial charge in [0.25, 0.3) is 0 Å². The molecule has 0 amide bonds. The maximum absolute atomic E-state index is 10.5. The molecule has 0 saturated heterocycles. The Kier molecular flexibility index (Phi) is 2.58. The summed E-state index contributed by atoms with van der Waals surface area (Å²) in [4.78, 5) is 10.5. The van der Waals surface area contributed by atoms with E-state index in [0.717, 1.165) is 0 Å². The zero-order valence-corrected chi connectivity index (χ0v) is 6.60. The fourth-order valence-electron chi connectivity index (χ4n) is 0.911. The molecule has 3 nitrogen and oxygen atoms in total. The van der Waals surface area contributed by atoms with Crippen LogP contribution in [-0.4, -0.2) is 11.1 Å². The van der Waals surface area contributed by atoms with Gasteiger partial charge in [-0.05, 0) is 12.1 Å². The molecule has 0 aliphatic heterocycles. The van der Waals surface area contributed by atoms with Crippen LogP contribution >= 0.6 is 0 Å². The van der Waals surface area contributed by atoms with Gasteiger partial charge in [0, 0.05) is 6.07 Å². The molecule has 3 heteroatoms. The minimum absolute atomic E-state index is 0.291. The van der Waals surface area contributed by atoms with Crippen molar-refractivity contribution in [3.05, 3.63) is 42.7 Å². The lowest BCUT2D eigenvalue weighted by Crippen LogP contribution is -2.32. The Bertz CT molecular complexity index is 307. The van der Waals surface area contributed by atoms with Gasteiger partial charge in [0.05, 0.1) is 0 Å². The standard InChI is InChI=1S/C9H9NO2/c1-2-5-10-6-3-4-8(7-10)9(11)12/h2-4,6-7H,1,5H2/p+1. The lowest BCUT2D eigenvalue weighted by atomic mass is 10.3. The van der Waals surface area contributed by atoms with Gasteiger partial charge >= 0.3 is 5.97 Å². The Morgan fingerprint density at radius 2 is 2.50 bits per heavy atom. The van der Waals surface area contributed by atoms with Crippen molar-refractivity contribution in [1.29, 1.82) is 0 Å². The molecule has 0 aliphatic rings. The van der Waals surface area contributed by atoms with E-state index in [4.69, 9.17) is 5.11 Å². The van der Waals surface area contributed by atoms with Crippen LogP contribution in [0.1, 0.15) is 10.4 Å². The number of nitrogens with zero attached hydrogens (tertiary/aromatic N) is 1. The first-order valence-electron chi connectivity index (χ1n) is 3.57. The molecule has 1 heterocycles. The van der Waals surface area contributed by atoms with Crippen LogP contribution in [-0.2, 0) is 6.54 Å². The highest BCUT2D eigenvalue weighted by molar-refractivity contribution is 5.86. The average molecular weight is 164 g/mol. The zero-order chi connectivity index (χ0) is 8.97. The zero-order valence-electron chi connectivity index (χ0n) is 6.60.